The second-order valence-electron chi connectivity index (χ2n) is 11.3. The van der Waals surface area contributed by atoms with E-state index >= 15 is 0 Å². The van der Waals surface area contributed by atoms with E-state index in [1.807, 2.05) is 0 Å². The number of hydrogen-bond donors (Lipinski definition) is 5. The largest absolute Gasteiger partial charge is 0.412 e. The Kier molecular flexibility index (Phi) is 79.2. The first-order valence-electron chi connectivity index (χ1n) is 14.3. The van der Waals surface area contributed by atoms with Crippen LogP contribution in [-0.2, 0) is 9.59 Å². The molecule has 0 saturated heterocycles. The average molecular weight is 575 g/mol. The smallest absolute Gasteiger partial charge is 0.126 e. The number of carbonyl (C=O) groups excluding carboxylic acids is 2. The lowest BCUT2D eigenvalue weighted by Crippen LogP contribution is -1.89. The Morgan fingerprint density at radius 1 is 0.385 bits per heavy atom. The van der Waals surface area contributed by atoms with Crippen LogP contribution in [0, 0.1) is 29.6 Å². The third-order valence-electron chi connectivity index (χ3n) is 3.53. The molecule has 0 unspecified atom stereocenters. The monoisotopic (exact) mass is 575 g/mol. The molecule has 0 aromatic rings. The quantitative estimate of drug-likeness (QED) is 0.230. The van der Waals surface area contributed by atoms with Crippen LogP contribution in [0.1, 0.15) is 129 Å². The molecule has 0 fully saturated rings. The van der Waals surface area contributed by atoms with E-state index in [4.69, 9.17) is 25.5 Å². The van der Waals surface area contributed by atoms with Gasteiger partial charge in [0.1, 0.15) is 11.6 Å². The zero-order valence-electron chi connectivity index (χ0n) is 28.5. The van der Waals surface area contributed by atoms with Gasteiger partial charge in [-0.25, -0.2) is 0 Å². The van der Waals surface area contributed by atoms with Crippen molar-refractivity contribution in [3.05, 3.63) is 0 Å². The zero-order chi connectivity index (χ0) is 32.1. The maximum atomic E-state index is 9.44. The van der Waals surface area contributed by atoms with Crippen molar-refractivity contribution in [2.24, 2.45) is 29.6 Å². The number of hydrogen-bond acceptors (Lipinski definition) is 7. The molecule has 0 aromatic heterocycles. The third-order valence-corrected chi connectivity index (χ3v) is 3.53. The fourth-order valence-corrected chi connectivity index (χ4v) is 1.29. The summed E-state index contributed by atoms with van der Waals surface area (Å²) < 4.78 is 0. The second-order valence-corrected chi connectivity index (χ2v) is 11.3. The highest BCUT2D eigenvalue weighted by molar-refractivity contribution is 5.72. The Morgan fingerprint density at radius 2 is 0.462 bits per heavy atom. The van der Waals surface area contributed by atoms with E-state index < -0.39 is 0 Å². The number of Topliss-reactive ketones (excluding diaryl/α,β-unsaturated/α-hetero) is 2. The van der Waals surface area contributed by atoms with Crippen LogP contribution in [0.15, 0.2) is 0 Å². The molecule has 0 heterocycles. The molecule has 0 saturated carbocycles. The van der Waals surface area contributed by atoms with Crippen LogP contribution in [0.2, 0.25) is 0 Å². The van der Waals surface area contributed by atoms with Crippen molar-refractivity contribution in [2.75, 3.05) is 33.0 Å². The molecule has 0 aromatic carbocycles. The maximum absolute atomic E-state index is 9.44. The Balaban J connectivity index is -0.0000000480. The summed E-state index contributed by atoms with van der Waals surface area (Å²) >= 11 is 0. The first-order valence-corrected chi connectivity index (χ1v) is 14.3. The van der Waals surface area contributed by atoms with Crippen molar-refractivity contribution in [1.82, 2.24) is 0 Å². The molecule has 0 rings (SSSR count). The fraction of sp³-hybridized carbons (Fsp3) is 0.935. The molecule has 8 nitrogen and oxygen atoms in total. The standard InChI is InChI=1S/5C5H12O.2C3H6O.H2O/c5*1-5(2)3-4-6;2*1-3(2)4;/h5*5-6H,3-4H2,1-2H3;2*1-2H3;1H2. The van der Waals surface area contributed by atoms with Gasteiger partial charge >= 0.3 is 0 Å². The molecule has 7 N–H and O–H groups in total. The minimum atomic E-state index is 0. The Bertz CT molecular complexity index is 318. The zero-order valence-corrected chi connectivity index (χ0v) is 28.5. The molecule has 0 atom stereocenters. The fourth-order valence-electron chi connectivity index (χ4n) is 1.29. The van der Waals surface area contributed by atoms with Gasteiger partial charge < -0.3 is 40.6 Å². The van der Waals surface area contributed by atoms with Crippen molar-refractivity contribution in [2.45, 2.75) is 129 Å². The van der Waals surface area contributed by atoms with Crippen LogP contribution in [0.25, 0.3) is 0 Å². The normalized spacial score (nSPS) is 9.03. The summed E-state index contributed by atoms with van der Waals surface area (Å²) in [6.45, 7) is 28.7. The van der Waals surface area contributed by atoms with Gasteiger partial charge in [-0.2, -0.15) is 0 Å². The SMILES string of the molecule is CC(C)=O.CC(C)=O.CC(C)CCO.CC(C)CCO.CC(C)CCO.CC(C)CCO.CC(C)CCO.O. The number of ketones is 2. The molecule has 0 amide bonds. The summed E-state index contributed by atoms with van der Waals surface area (Å²) in [5.74, 6) is 3.57. The summed E-state index contributed by atoms with van der Waals surface area (Å²) in [5, 5.41) is 41.2. The molecule has 0 aliphatic carbocycles. The van der Waals surface area contributed by atoms with E-state index in [-0.39, 0.29) is 17.0 Å². The van der Waals surface area contributed by atoms with Gasteiger partial charge in [-0.15, -0.1) is 0 Å². The molecular weight excluding hydrogens is 500 g/mol. The molecule has 39 heavy (non-hydrogen) atoms. The van der Waals surface area contributed by atoms with Gasteiger partial charge in [0.2, 0.25) is 0 Å². The summed E-state index contributed by atoms with van der Waals surface area (Å²) in [6.07, 6.45) is 4.65. The van der Waals surface area contributed by atoms with Crippen LogP contribution in [0.4, 0.5) is 0 Å². The molecule has 0 aliphatic rings. The Hall–Kier alpha value is -0.900. The molecule has 0 radical (unpaired) electrons. The van der Waals surface area contributed by atoms with Crippen molar-refractivity contribution in [1.29, 1.82) is 0 Å². The van der Waals surface area contributed by atoms with Gasteiger partial charge in [0, 0.05) is 33.0 Å². The van der Waals surface area contributed by atoms with Gasteiger partial charge in [0.05, 0.1) is 0 Å². The van der Waals surface area contributed by atoms with Gasteiger partial charge in [-0.3, -0.25) is 0 Å². The topological polar surface area (TPSA) is 167 Å². The molecule has 0 aliphatic heterocycles. The van der Waals surface area contributed by atoms with Crippen molar-refractivity contribution < 1.29 is 40.6 Å². The van der Waals surface area contributed by atoms with Crippen LogP contribution in [0.3, 0.4) is 0 Å². The molecule has 8 heteroatoms. The lowest BCUT2D eigenvalue weighted by molar-refractivity contribution is -0.115. The third kappa shape index (κ3) is 230. The van der Waals surface area contributed by atoms with Gasteiger partial charge in [-0.1, -0.05) is 69.2 Å². The first kappa shape index (κ1) is 57.9. The van der Waals surface area contributed by atoms with E-state index in [0.717, 1.165) is 32.1 Å². The number of carbonyl (C=O) groups is 2. The maximum Gasteiger partial charge on any atom is 0.126 e. The lowest BCUT2D eigenvalue weighted by Gasteiger charge is -1.95. The predicted octanol–water partition coefficient (Wildman–Crippen LogP) is 5.49. The summed E-state index contributed by atoms with van der Waals surface area (Å²) in [5.41, 5.74) is 0. The predicted molar refractivity (Wildman–Crippen MR) is 169 cm³/mol. The Labute approximate surface area is 243 Å². The van der Waals surface area contributed by atoms with Gasteiger partial charge in [0.25, 0.3) is 0 Å². The van der Waals surface area contributed by atoms with Crippen LogP contribution < -0.4 is 0 Å². The van der Waals surface area contributed by atoms with E-state index in [1.165, 1.54) is 27.7 Å². The van der Waals surface area contributed by atoms with E-state index in [2.05, 4.69) is 69.2 Å². The number of aliphatic hydroxyl groups is 5. The van der Waals surface area contributed by atoms with E-state index in [1.54, 1.807) is 0 Å². The summed E-state index contributed by atoms with van der Waals surface area (Å²) in [7, 11) is 0. The van der Waals surface area contributed by atoms with Crippen molar-refractivity contribution in [3.8, 4) is 0 Å². The van der Waals surface area contributed by atoms with Gasteiger partial charge in [0.15, 0.2) is 0 Å². The highest BCUT2D eigenvalue weighted by Gasteiger charge is 1.88. The van der Waals surface area contributed by atoms with Crippen LogP contribution in [-0.4, -0.2) is 75.6 Å². The highest BCUT2D eigenvalue weighted by Crippen LogP contribution is 1.96. The molecular formula is C31H74O8. The van der Waals surface area contributed by atoms with E-state index in [9.17, 15) is 9.59 Å². The van der Waals surface area contributed by atoms with E-state index in [0.29, 0.717) is 62.6 Å². The summed E-state index contributed by atoms with van der Waals surface area (Å²) in [4.78, 5) is 18.9. The lowest BCUT2D eigenvalue weighted by atomic mass is 10.2. The van der Waals surface area contributed by atoms with Gasteiger partial charge in [-0.05, 0) is 89.4 Å². The number of aliphatic hydroxyl groups excluding tert-OH is 5. The van der Waals surface area contributed by atoms with Crippen LogP contribution >= 0.6 is 0 Å². The highest BCUT2D eigenvalue weighted by atomic mass is 16.3. The average Bonchev–Trinajstić information content (AvgIpc) is 2.68. The van der Waals surface area contributed by atoms with Crippen molar-refractivity contribution >= 4 is 11.6 Å². The number of rotatable bonds is 10. The summed E-state index contributed by atoms with van der Waals surface area (Å²) in [6, 6.07) is 0. The minimum absolute atomic E-state index is 0. The van der Waals surface area contributed by atoms with Crippen molar-refractivity contribution in [3.63, 3.8) is 0 Å². The second kappa shape index (κ2) is 53.4. The molecule has 0 bridgehead atoms. The minimum Gasteiger partial charge on any atom is -0.412 e. The Morgan fingerprint density at radius 3 is 0.462 bits per heavy atom. The molecule has 246 valence electrons. The first-order chi connectivity index (χ1) is 17.3. The van der Waals surface area contributed by atoms with Crippen LogP contribution in [0.5, 0.6) is 0 Å². The molecule has 0 spiro atoms.